The fourth-order valence-electron chi connectivity index (χ4n) is 3.98. The third-order valence-corrected chi connectivity index (χ3v) is 5.53. The van der Waals surface area contributed by atoms with Gasteiger partial charge in [-0.1, -0.05) is 12.1 Å². The molecule has 26 heavy (non-hydrogen) atoms. The van der Waals surface area contributed by atoms with Crippen molar-refractivity contribution in [1.82, 2.24) is 14.8 Å². The number of aromatic nitrogens is 1. The van der Waals surface area contributed by atoms with Crippen molar-refractivity contribution in [3.8, 4) is 0 Å². The Kier molecular flexibility index (Phi) is 5.05. The largest absolute Gasteiger partial charge is 0.480 e. The molecule has 140 valence electrons. The molecule has 0 aliphatic carbocycles. The van der Waals surface area contributed by atoms with Gasteiger partial charge in [0.2, 0.25) is 0 Å². The highest BCUT2D eigenvalue weighted by molar-refractivity contribution is 6.03. The number of piperidine rings is 1. The molecule has 1 saturated heterocycles. The number of carbonyl (C=O) groups is 2. The van der Waals surface area contributed by atoms with Crippen LogP contribution in [0.15, 0.2) is 12.1 Å². The van der Waals surface area contributed by atoms with Gasteiger partial charge in [0.1, 0.15) is 12.2 Å². The van der Waals surface area contributed by atoms with E-state index in [1.165, 1.54) is 4.90 Å². The maximum Gasteiger partial charge on any atom is 0.323 e. The number of nitrogens with one attached hydrogen (secondary N) is 1. The third kappa shape index (κ3) is 3.33. The summed E-state index contributed by atoms with van der Waals surface area (Å²) < 4.78 is 0. The number of rotatable bonds is 4. The van der Waals surface area contributed by atoms with E-state index in [-0.39, 0.29) is 18.5 Å². The summed E-state index contributed by atoms with van der Waals surface area (Å²) in [6.45, 7) is 7.46. The molecule has 0 bridgehead atoms. The van der Waals surface area contributed by atoms with Gasteiger partial charge >= 0.3 is 5.97 Å². The molecule has 1 fully saturated rings. The molecule has 6 nitrogen and oxygen atoms in total. The number of carbonyl (C=O) groups excluding carboxylic acids is 1. The Labute approximate surface area is 153 Å². The number of H-pyrrole nitrogens is 1. The summed E-state index contributed by atoms with van der Waals surface area (Å²) >= 11 is 0. The second kappa shape index (κ2) is 7.11. The second-order valence-corrected chi connectivity index (χ2v) is 7.44. The van der Waals surface area contributed by atoms with Crippen molar-refractivity contribution in [3.05, 3.63) is 34.5 Å². The van der Waals surface area contributed by atoms with E-state index in [2.05, 4.69) is 16.0 Å². The lowest BCUT2D eigenvalue weighted by atomic mass is 10.0. The molecule has 1 aromatic heterocycles. The van der Waals surface area contributed by atoms with Gasteiger partial charge in [0.05, 0.1) is 0 Å². The normalized spacial score (nSPS) is 16.2. The molecule has 0 atom stereocenters. The zero-order chi connectivity index (χ0) is 19.0. The molecule has 2 N–H and O–H groups in total. The Morgan fingerprint density at radius 1 is 1.19 bits per heavy atom. The van der Waals surface area contributed by atoms with Gasteiger partial charge in [-0.2, -0.15) is 0 Å². The number of hydrogen-bond acceptors (Lipinski definition) is 3. The van der Waals surface area contributed by atoms with Gasteiger partial charge in [0.25, 0.3) is 5.91 Å². The average molecular weight is 357 g/mol. The second-order valence-electron chi connectivity index (χ2n) is 7.44. The molecule has 1 aromatic carbocycles. The molecule has 1 aliphatic heterocycles. The lowest BCUT2D eigenvalue weighted by Gasteiger charge is -2.36. The van der Waals surface area contributed by atoms with Crippen molar-refractivity contribution in [2.24, 2.45) is 0 Å². The highest BCUT2D eigenvalue weighted by Gasteiger charge is 2.31. The van der Waals surface area contributed by atoms with Crippen molar-refractivity contribution in [3.63, 3.8) is 0 Å². The van der Waals surface area contributed by atoms with Gasteiger partial charge in [-0.3, -0.25) is 9.59 Å². The van der Waals surface area contributed by atoms with Crippen LogP contribution in [0.4, 0.5) is 0 Å². The lowest BCUT2D eigenvalue weighted by Crippen LogP contribution is -2.48. The number of carboxylic acids is 1. The zero-order valence-corrected chi connectivity index (χ0v) is 15.9. The zero-order valence-electron chi connectivity index (χ0n) is 15.9. The van der Waals surface area contributed by atoms with Gasteiger partial charge in [-0.15, -0.1) is 0 Å². The van der Waals surface area contributed by atoms with Gasteiger partial charge in [-0.05, 0) is 70.4 Å². The number of aryl methyl sites for hydroxylation is 3. The molecule has 2 aromatic rings. The van der Waals surface area contributed by atoms with E-state index in [0.717, 1.165) is 53.5 Å². The average Bonchev–Trinajstić information content (AvgIpc) is 2.95. The third-order valence-electron chi connectivity index (χ3n) is 5.53. The van der Waals surface area contributed by atoms with Crippen LogP contribution in [0, 0.1) is 20.8 Å². The number of benzene rings is 1. The van der Waals surface area contributed by atoms with Gasteiger partial charge in [-0.25, -0.2) is 0 Å². The van der Waals surface area contributed by atoms with Crippen LogP contribution in [0.5, 0.6) is 0 Å². The van der Waals surface area contributed by atoms with Gasteiger partial charge in [0, 0.05) is 16.9 Å². The van der Waals surface area contributed by atoms with Crippen LogP contribution in [-0.2, 0) is 4.79 Å². The van der Waals surface area contributed by atoms with Crippen LogP contribution in [0.3, 0.4) is 0 Å². The molecule has 1 amide bonds. The summed E-state index contributed by atoms with van der Waals surface area (Å²) in [7, 11) is 2.05. The lowest BCUT2D eigenvalue weighted by molar-refractivity contribution is -0.138. The minimum absolute atomic E-state index is 0.0391. The number of hydrogen-bond donors (Lipinski definition) is 2. The minimum Gasteiger partial charge on any atom is -0.480 e. The van der Waals surface area contributed by atoms with Crippen LogP contribution >= 0.6 is 0 Å². The fraction of sp³-hybridized carbons (Fsp3) is 0.500. The summed E-state index contributed by atoms with van der Waals surface area (Å²) in [6, 6.07) is 4.05. The molecule has 0 radical (unpaired) electrons. The Morgan fingerprint density at radius 2 is 1.81 bits per heavy atom. The molecular weight excluding hydrogens is 330 g/mol. The standard InChI is InChI=1S/C20H27N3O3/c1-12-5-6-13(2)18-17(12)14(3)19(21-18)20(26)23(11-16(24)25)15-7-9-22(4)10-8-15/h5-6,15,21H,7-11H2,1-4H3,(H,24,25). The Balaban J connectivity index is 2.00. The van der Waals surface area contributed by atoms with Crippen molar-refractivity contribution in [2.75, 3.05) is 26.7 Å². The van der Waals surface area contributed by atoms with Crippen LogP contribution in [0.25, 0.3) is 10.9 Å². The molecule has 0 unspecified atom stereocenters. The number of aliphatic carboxylic acids is 1. The summed E-state index contributed by atoms with van der Waals surface area (Å²) in [5.74, 6) is -1.19. The topological polar surface area (TPSA) is 76.6 Å². The fourth-order valence-corrected chi connectivity index (χ4v) is 3.98. The smallest absolute Gasteiger partial charge is 0.323 e. The summed E-state index contributed by atoms with van der Waals surface area (Å²) in [6.07, 6.45) is 1.60. The van der Waals surface area contributed by atoms with Crippen LogP contribution in [0.2, 0.25) is 0 Å². The Hall–Kier alpha value is -2.34. The number of likely N-dealkylation sites (tertiary alicyclic amines) is 1. The number of carboxylic acid groups (broad SMARTS) is 1. The van der Waals surface area contributed by atoms with Crippen molar-refractivity contribution >= 4 is 22.8 Å². The highest BCUT2D eigenvalue weighted by Crippen LogP contribution is 2.29. The van der Waals surface area contributed by atoms with Gasteiger partial charge < -0.3 is 19.9 Å². The first kappa shape index (κ1) is 18.5. The van der Waals surface area contributed by atoms with Crippen LogP contribution in [-0.4, -0.2) is 64.5 Å². The maximum atomic E-state index is 13.3. The highest BCUT2D eigenvalue weighted by atomic mass is 16.4. The number of nitrogens with zero attached hydrogens (tertiary/aromatic N) is 2. The van der Waals surface area contributed by atoms with Crippen molar-refractivity contribution < 1.29 is 14.7 Å². The number of fused-ring (bicyclic) bond motifs is 1. The van der Waals surface area contributed by atoms with E-state index >= 15 is 0 Å². The predicted molar refractivity (Wildman–Crippen MR) is 102 cm³/mol. The molecule has 0 spiro atoms. The summed E-state index contributed by atoms with van der Waals surface area (Å²) in [5.41, 5.74) is 4.57. The summed E-state index contributed by atoms with van der Waals surface area (Å²) in [5, 5.41) is 10.4. The van der Waals surface area contributed by atoms with Gasteiger partial charge in [0.15, 0.2) is 0 Å². The predicted octanol–water partition coefficient (Wildman–Crippen LogP) is 2.71. The minimum atomic E-state index is -0.974. The SMILES string of the molecule is Cc1ccc(C)c2c(C)c(C(=O)N(CC(=O)O)C3CCN(C)CC3)[nH]c12. The molecule has 6 heteroatoms. The monoisotopic (exact) mass is 357 g/mol. The molecule has 2 heterocycles. The van der Waals surface area contributed by atoms with E-state index in [1.54, 1.807) is 0 Å². The first-order valence-electron chi connectivity index (χ1n) is 9.09. The molecular formula is C20H27N3O3. The van der Waals surface area contributed by atoms with Crippen molar-refractivity contribution in [1.29, 1.82) is 0 Å². The Morgan fingerprint density at radius 3 is 2.38 bits per heavy atom. The van der Waals surface area contributed by atoms with E-state index in [1.807, 2.05) is 33.9 Å². The van der Waals surface area contributed by atoms with Crippen LogP contribution in [0.1, 0.15) is 40.0 Å². The molecule has 1 aliphatic rings. The summed E-state index contributed by atoms with van der Waals surface area (Å²) in [4.78, 5) is 31.7. The first-order chi connectivity index (χ1) is 12.3. The number of amides is 1. The quantitative estimate of drug-likeness (QED) is 0.882. The maximum absolute atomic E-state index is 13.3. The van der Waals surface area contributed by atoms with E-state index in [4.69, 9.17) is 0 Å². The molecule has 0 saturated carbocycles. The van der Waals surface area contributed by atoms with E-state index in [9.17, 15) is 14.7 Å². The van der Waals surface area contributed by atoms with E-state index in [0.29, 0.717) is 5.69 Å². The Bertz CT molecular complexity index is 848. The first-order valence-corrected chi connectivity index (χ1v) is 9.09. The van der Waals surface area contributed by atoms with Crippen molar-refractivity contribution in [2.45, 2.75) is 39.7 Å². The number of aromatic amines is 1. The molecule has 3 rings (SSSR count). The van der Waals surface area contributed by atoms with E-state index < -0.39 is 5.97 Å². The van der Waals surface area contributed by atoms with Crippen LogP contribution < -0.4 is 0 Å².